The number of likely N-dealkylation sites (tertiary alicyclic amines) is 1. The fourth-order valence-corrected chi connectivity index (χ4v) is 3.84. The van der Waals surface area contributed by atoms with Gasteiger partial charge in [0.2, 0.25) is 5.91 Å². The van der Waals surface area contributed by atoms with E-state index in [-0.39, 0.29) is 24.1 Å². The first kappa shape index (κ1) is 17.4. The molecule has 6 nitrogen and oxygen atoms in total. The number of hydrogen-bond acceptors (Lipinski definition) is 4. The lowest BCUT2D eigenvalue weighted by Crippen LogP contribution is -2.42. The summed E-state index contributed by atoms with van der Waals surface area (Å²) in [6, 6.07) is 13.1. The number of aryl methyl sites for hydroxylation is 1. The number of amides is 1. The molecule has 3 aromatic rings. The van der Waals surface area contributed by atoms with E-state index in [9.17, 15) is 9.59 Å². The highest BCUT2D eigenvalue weighted by atomic mass is 16.2. The SMILES string of the molecule is Cc1nn(CC(=O)N2CCCC[C@@H]2c2ccccn2)c(=O)c2ccccc12. The van der Waals surface area contributed by atoms with Crippen LogP contribution in [-0.2, 0) is 11.3 Å². The molecule has 0 N–H and O–H groups in total. The van der Waals surface area contributed by atoms with Crippen molar-refractivity contribution < 1.29 is 4.79 Å². The number of nitrogens with zero attached hydrogens (tertiary/aromatic N) is 4. The number of piperidine rings is 1. The monoisotopic (exact) mass is 362 g/mol. The molecular weight excluding hydrogens is 340 g/mol. The maximum Gasteiger partial charge on any atom is 0.275 e. The van der Waals surface area contributed by atoms with Crippen LogP contribution < -0.4 is 5.56 Å². The Bertz CT molecular complexity index is 1030. The summed E-state index contributed by atoms with van der Waals surface area (Å²) in [7, 11) is 0. The lowest BCUT2D eigenvalue weighted by Gasteiger charge is -2.35. The molecule has 4 rings (SSSR count). The molecule has 0 bridgehead atoms. The molecule has 0 unspecified atom stereocenters. The van der Waals surface area contributed by atoms with Gasteiger partial charge in [-0.1, -0.05) is 24.3 Å². The van der Waals surface area contributed by atoms with Crippen molar-refractivity contribution in [1.29, 1.82) is 0 Å². The van der Waals surface area contributed by atoms with E-state index >= 15 is 0 Å². The molecule has 138 valence electrons. The Balaban J connectivity index is 1.64. The van der Waals surface area contributed by atoms with Crippen LogP contribution >= 0.6 is 0 Å². The average molecular weight is 362 g/mol. The third-order valence-corrected chi connectivity index (χ3v) is 5.19. The van der Waals surface area contributed by atoms with Gasteiger partial charge in [-0.05, 0) is 44.4 Å². The molecule has 0 saturated carbocycles. The minimum Gasteiger partial charge on any atom is -0.332 e. The molecule has 1 aliphatic rings. The Morgan fingerprint density at radius 1 is 1.11 bits per heavy atom. The number of aromatic nitrogens is 3. The number of carbonyl (C=O) groups excluding carboxylic acids is 1. The van der Waals surface area contributed by atoms with Crippen LogP contribution in [0.2, 0.25) is 0 Å². The van der Waals surface area contributed by atoms with E-state index in [0.717, 1.165) is 36.0 Å². The Hall–Kier alpha value is -3.02. The van der Waals surface area contributed by atoms with Crippen molar-refractivity contribution in [2.24, 2.45) is 0 Å². The quantitative estimate of drug-likeness (QED) is 0.718. The van der Waals surface area contributed by atoms with Crippen LogP contribution in [0.15, 0.2) is 53.5 Å². The second-order valence-corrected chi connectivity index (χ2v) is 6.95. The van der Waals surface area contributed by atoms with Crippen molar-refractivity contribution in [1.82, 2.24) is 19.7 Å². The second-order valence-electron chi connectivity index (χ2n) is 6.95. The molecule has 1 atom stereocenters. The lowest BCUT2D eigenvalue weighted by molar-refractivity contribution is -0.136. The van der Waals surface area contributed by atoms with Crippen LogP contribution in [0.5, 0.6) is 0 Å². The number of pyridine rings is 1. The summed E-state index contributed by atoms with van der Waals surface area (Å²) in [5.41, 5.74) is 1.43. The van der Waals surface area contributed by atoms with Gasteiger partial charge in [0.15, 0.2) is 0 Å². The molecule has 3 heterocycles. The largest absolute Gasteiger partial charge is 0.332 e. The van der Waals surface area contributed by atoms with Gasteiger partial charge >= 0.3 is 0 Å². The molecule has 0 spiro atoms. The predicted octanol–water partition coefficient (Wildman–Crippen LogP) is 2.85. The summed E-state index contributed by atoms with van der Waals surface area (Å²) < 4.78 is 1.30. The first-order chi connectivity index (χ1) is 13.1. The lowest BCUT2D eigenvalue weighted by atomic mass is 9.98. The van der Waals surface area contributed by atoms with Crippen LogP contribution in [0.4, 0.5) is 0 Å². The van der Waals surface area contributed by atoms with E-state index in [1.54, 1.807) is 12.3 Å². The zero-order valence-corrected chi connectivity index (χ0v) is 15.3. The normalized spacial score (nSPS) is 17.2. The van der Waals surface area contributed by atoms with Gasteiger partial charge in [-0.15, -0.1) is 0 Å². The van der Waals surface area contributed by atoms with E-state index in [1.807, 2.05) is 48.2 Å². The van der Waals surface area contributed by atoms with E-state index < -0.39 is 0 Å². The molecule has 1 saturated heterocycles. The Kier molecular flexibility index (Phi) is 4.71. The average Bonchev–Trinajstić information content (AvgIpc) is 2.72. The van der Waals surface area contributed by atoms with E-state index in [0.29, 0.717) is 11.9 Å². The van der Waals surface area contributed by atoms with E-state index in [1.165, 1.54) is 4.68 Å². The summed E-state index contributed by atoms with van der Waals surface area (Å²) in [6.45, 7) is 2.50. The molecule has 0 radical (unpaired) electrons. The molecule has 1 aliphatic heterocycles. The van der Waals surface area contributed by atoms with Crippen molar-refractivity contribution in [3.8, 4) is 0 Å². The number of benzene rings is 1. The standard InChI is InChI=1S/C21H22N4O2/c1-15-16-8-2-3-9-17(16)21(27)25(23-15)14-20(26)24-13-7-5-11-19(24)18-10-4-6-12-22-18/h2-4,6,8-10,12,19H,5,7,11,13-14H2,1H3/t19-/m1/s1. The minimum absolute atomic E-state index is 0.0373. The van der Waals surface area contributed by atoms with Crippen molar-refractivity contribution >= 4 is 16.7 Å². The maximum atomic E-state index is 13.0. The van der Waals surface area contributed by atoms with Crippen molar-refractivity contribution in [2.45, 2.75) is 38.8 Å². The third-order valence-electron chi connectivity index (χ3n) is 5.19. The maximum absolute atomic E-state index is 13.0. The van der Waals surface area contributed by atoms with Gasteiger partial charge in [0, 0.05) is 18.1 Å². The topological polar surface area (TPSA) is 68.1 Å². The summed E-state index contributed by atoms with van der Waals surface area (Å²) in [5.74, 6) is -0.0883. The van der Waals surface area contributed by atoms with Gasteiger partial charge in [0.1, 0.15) is 6.54 Å². The van der Waals surface area contributed by atoms with Crippen LogP contribution in [-0.4, -0.2) is 32.1 Å². The smallest absolute Gasteiger partial charge is 0.275 e. The van der Waals surface area contributed by atoms with E-state index in [2.05, 4.69) is 10.1 Å². The first-order valence-corrected chi connectivity index (χ1v) is 9.32. The molecule has 0 aliphatic carbocycles. The van der Waals surface area contributed by atoms with Crippen molar-refractivity contribution in [2.75, 3.05) is 6.54 Å². The van der Waals surface area contributed by atoms with Crippen LogP contribution in [0, 0.1) is 6.92 Å². The summed E-state index contributed by atoms with van der Waals surface area (Å²) in [5, 5.41) is 5.80. The highest BCUT2D eigenvalue weighted by molar-refractivity contribution is 5.83. The molecule has 27 heavy (non-hydrogen) atoms. The number of rotatable bonds is 3. The zero-order chi connectivity index (χ0) is 18.8. The Morgan fingerprint density at radius 2 is 1.89 bits per heavy atom. The van der Waals surface area contributed by atoms with Gasteiger partial charge in [-0.2, -0.15) is 5.10 Å². The van der Waals surface area contributed by atoms with Gasteiger partial charge in [-0.25, -0.2) is 4.68 Å². The molecule has 1 fully saturated rings. The molecule has 2 aromatic heterocycles. The van der Waals surface area contributed by atoms with Crippen molar-refractivity contribution in [3.63, 3.8) is 0 Å². The molecule has 1 amide bonds. The predicted molar refractivity (Wildman–Crippen MR) is 103 cm³/mol. The number of carbonyl (C=O) groups is 1. The molecule has 6 heteroatoms. The molecule has 1 aromatic carbocycles. The van der Waals surface area contributed by atoms with Crippen LogP contribution in [0.3, 0.4) is 0 Å². The van der Waals surface area contributed by atoms with Gasteiger partial charge in [0.05, 0.1) is 22.8 Å². The fourth-order valence-electron chi connectivity index (χ4n) is 3.84. The second kappa shape index (κ2) is 7.31. The van der Waals surface area contributed by atoms with Gasteiger partial charge < -0.3 is 4.90 Å². The summed E-state index contributed by atoms with van der Waals surface area (Å²) >= 11 is 0. The third kappa shape index (κ3) is 3.35. The van der Waals surface area contributed by atoms with Crippen LogP contribution in [0.25, 0.3) is 10.8 Å². The highest BCUT2D eigenvalue weighted by Gasteiger charge is 2.29. The van der Waals surface area contributed by atoms with E-state index in [4.69, 9.17) is 0 Å². The summed E-state index contributed by atoms with van der Waals surface area (Å²) in [4.78, 5) is 32.1. The Labute approximate surface area is 157 Å². The zero-order valence-electron chi connectivity index (χ0n) is 15.3. The summed E-state index contributed by atoms with van der Waals surface area (Å²) in [6.07, 6.45) is 4.68. The molecular formula is C21H22N4O2. The van der Waals surface area contributed by atoms with Gasteiger partial charge in [0.25, 0.3) is 5.56 Å². The van der Waals surface area contributed by atoms with Crippen LogP contribution in [0.1, 0.15) is 36.7 Å². The first-order valence-electron chi connectivity index (χ1n) is 9.32. The van der Waals surface area contributed by atoms with Crippen molar-refractivity contribution in [3.05, 3.63) is 70.4 Å². The fraction of sp³-hybridized carbons (Fsp3) is 0.333. The van der Waals surface area contributed by atoms with Gasteiger partial charge in [-0.3, -0.25) is 14.6 Å². The highest BCUT2D eigenvalue weighted by Crippen LogP contribution is 2.29. The number of hydrogen-bond donors (Lipinski definition) is 0. The minimum atomic E-state index is -0.226. The Morgan fingerprint density at radius 3 is 2.67 bits per heavy atom. The number of fused-ring (bicyclic) bond motifs is 1.